The predicted molar refractivity (Wildman–Crippen MR) is 148 cm³/mol. The van der Waals surface area contributed by atoms with E-state index in [9.17, 15) is 23.0 Å². The van der Waals surface area contributed by atoms with Crippen molar-refractivity contribution in [1.29, 1.82) is 0 Å². The minimum Gasteiger partial charge on any atom is -0.392 e. The summed E-state index contributed by atoms with van der Waals surface area (Å²) in [5, 5.41) is 21.3. The Hall–Kier alpha value is -2.46. The molecule has 0 aliphatic rings. The summed E-state index contributed by atoms with van der Waals surface area (Å²) < 4.78 is 40.9. The molecule has 0 amide bonds. The van der Waals surface area contributed by atoms with Gasteiger partial charge in [0, 0.05) is 34.5 Å². The Morgan fingerprint density at radius 2 is 1.71 bits per heavy atom. The molecule has 1 heterocycles. The Bertz CT molecular complexity index is 1650. The van der Waals surface area contributed by atoms with Crippen molar-refractivity contribution in [3.8, 4) is 16.8 Å². The zero-order valence-corrected chi connectivity index (χ0v) is 23.7. The number of rotatable bonds is 7. The molecule has 200 valence electrons. The Morgan fingerprint density at radius 1 is 1.00 bits per heavy atom. The maximum Gasteiger partial charge on any atom is 0.176 e. The van der Waals surface area contributed by atoms with Crippen molar-refractivity contribution < 1.29 is 23.0 Å². The number of nitrogens with zero attached hydrogens (tertiary/aromatic N) is 2. The maximum atomic E-state index is 14.7. The van der Waals surface area contributed by atoms with Crippen molar-refractivity contribution >= 4 is 44.6 Å². The standard InChI is InChI=1S/C27H24Cl3FN2O4S/c1-27(2,35)25-13-33(26(32-25)11-16-4-6-18(28)12-20(16)29)23-7-5-15(8-21(23)30)17-9-22(31)19(14-34)24(10-17)38(3,36)37/h4-10,12-13,34-35H,11,14H2,1-3H3. The van der Waals surface area contributed by atoms with Crippen molar-refractivity contribution in [3.63, 3.8) is 0 Å². The first-order valence-corrected chi connectivity index (χ1v) is 14.4. The zero-order valence-electron chi connectivity index (χ0n) is 20.6. The second-order valence-electron chi connectivity index (χ2n) is 9.42. The first-order valence-electron chi connectivity index (χ1n) is 11.4. The Labute approximate surface area is 235 Å². The molecule has 0 saturated heterocycles. The van der Waals surface area contributed by atoms with Crippen LogP contribution in [0.5, 0.6) is 0 Å². The van der Waals surface area contributed by atoms with Gasteiger partial charge in [-0.05, 0) is 66.9 Å². The van der Waals surface area contributed by atoms with Crippen LogP contribution in [0.3, 0.4) is 0 Å². The quantitative estimate of drug-likeness (QED) is 0.259. The van der Waals surface area contributed by atoms with Crippen molar-refractivity contribution in [2.75, 3.05) is 6.26 Å². The lowest BCUT2D eigenvalue weighted by atomic mass is 10.0. The van der Waals surface area contributed by atoms with E-state index in [4.69, 9.17) is 34.8 Å². The molecule has 4 aromatic rings. The number of sulfone groups is 1. The number of hydrogen-bond acceptors (Lipinski definition) is 5. The minimum atomic E-state index is -3.80. The molecule has 0 aliphatic carbocycles. The van der Waals surface area contributed by atoms with Gasteiger partial charge in [-0.1, -0.05) is 46.9 Å². The van der Waals surface area contributed by atoms with Gasteiger partial charge < -0.3 is 14.8 Å². The fourth-order valence-electron chi connectivity index (χ4n) is 4.03. The molecule has 0 radical (unpaired) electrons. The van der Waals surface area contributed by atoms with Crippen LogP contribution in [0.2, 0.25) is 15.1 Å². The van der Waals surface area contributed by atoms with Crippen molar-refractivity contribution in [2.24, 2.45) is 0 Å². The number of hydrogen-bond donors (Lipinski definition) is 2. The SMILES string of the molecule is CC(C)(O)c1cn(-c2ccc(-c3cc(F)c(CO)c(S(C)(=O)=O)c3)cc2Cl)c(Cc2ccc(Cl)cc2Cl)n1. The van der Waals surface area contributed by atoms with Crippen LogP contribution in [0, 0.1) is 5.82 Å². The molecule has 1 aromatic heterocycles. The van der Waals surface area contributed by atoms with E-state index in [-0.39, 0.29) is 21.0 Å². The van der Waals surface area contributed by atoms with Crippen LogP contribution in [-0.2, 0) is 28.5 Å². The summed E-state index contributed by atoms with van der Waals surface area (Å²) in [6, 6.07) is 12.6. The van der Waals surface area contributed by atoms with Gasteiger partial charge in [-0.25, -0.2) is 17.8 Å². The molecule has 2 N–H and O–H groups in total. The number of aliphatic hydroxyl groups is 2. The smallest absolute Gasteiger partial charge is 0.176 e. The second-order valence-corrected chi connectivity index (χ2v) is 12.7. The van der Waals surface area contributed by atoms with Crippen LogP contribution in [0.15, 0.2) is 59.6 Å². The first kappa shape index (κ1) is 28.5. The summed E-state index contributed by atoms with van der Waals surface area (Å²) >= 11 is 19.1. The van der Waals surface area contributed by atoms with Gasteiger partial charge in [-0.3, -0.25) is 0 Å². The highest BCUT2D eigenvalue weighted by Gasteiger charge is 2.24. The normalized spacial score (nSPS) is 12.2. The number of aliphatic hydroxyl groups excluding tert-OH is 1. The first-order chi connectivity index (χ1) is 17.7. The second kappa shape index (κ2) is 10.6. The van der Waals surface area contributed by atoms with Gasteiger partial charge in [-0.2, -0.15) is 0 Å². The molecule has 0 unspecified atom stereocenters. The molecule has 6 nitrogen and oxygen atoms in total. The Kier molecular flexibility index (Phi) is 7.96. The third-order valence-electron chi connectivity index (χ3n) is 6.02. The van der Waals surface area contributed by atoms with E-state index in [1.807, 2.05) is 0 Å². The van der Waals surface area contributed by atoms with Gasteiger partial charge in [-0.15, -0.1) is 0 Å². The van der Waals surface area contributed by atoms with Crippen molar-refractivity contribution in [2.45, 2.75) is 37.4 Å². The van der Waals surface area contributed by atoms with Gasteiger partial charge in [0.15, 0.2) is 9.84 Å². The summed E-state index contributed by atoms with van der Waals surface area (Å²) in [4.78, 5) is 4.34. The van der Waals surface area contributed by atoms with Crippen LogP contribution < -0.4 is 0 Å². The van der Waals surface area contributed by atoms with E-state index < -0.39 is 27.9 Å². The van der Waals surface area contributed by atoms with Gasteiger partial charge in [0.1, 0.15) is 17.2 Å². The topological polar surface area (TPSA) is 92.4 Å². The van der Waals surface area contributed by atoms with Gasteiger partial charge in [0.05, 0.1) is 27.9 Å². The molecule has 0 fully saturated rings. The van der Waals surface area contributed by atoms with Crippen LogP contribution in [0.1, 0.15) is 36.5 Å². The molecular formula is C27H24Cl3FN2O4S. The Morgan fingerprint density at radius 3 is 2.29 bits per heavy atom. The zero-order chi connectivity index (χ0) is 28.0. The number of imidazole rings is 1. The lowest BCUT2D eigenvalue weighted by Crippen LogP contribution is -2.15. The summed E-state index contributed by atoms with van der Waals surface area (Å²) in [6.07, 6.45) is 2.95. The average molecular weight is 598 g/mol. The average Bonchev–Trinajstić information content (AvgIpc) is 3.24. The van der Waals surface area contributed by atoms with Crippen LogP contribution in [0.4, 0.5) is 4.39 Å². The highest BCUT2D eigenvalue weighted by Crippen LogP contribution is 2.34. The molecule has 0 aliphatic heterocycles. The summed E-state index contributed by atoms with van der Waals surface area (Å²) in [5.41, 5.74) is 0.950. The monoisotopic (exact) mass is 596 g/mol. The fraction of sp³-hybridized carbons (Fsp3) is 0.222. The molecule has 11 heteroatoms. The highest BCUT2D eigenvalue weighted by molar-refractivity contribution is 7.90. The molecule has 38 heavy (non-hydrogen) atoms. The number of halogens is 4. The van der Waals surface area contributed by atoms with Crippen LogP contribution in [-0.4, -0.2) is 34.4 Å². The lowest BCUT2D eigenvalue weighted by Gasteiger charge is -2.14. The highest BCUT2D eigenvalue weighted by atomic mass is 35.5. The summed E-state index contributed by atoms with van der Waals surface area (Å²) in [6.45, 7) is 2.49. The molecule has 0 atom stereocenters. The minimum absolute atomic E-state index is 0.276. The van der Waals surface area contributed by atoms with Crippen LogP contribution in [0.25, 0.3) is 16.8 Å². The third-order valence-corrected chi connectivity index (χ3v) is 8.08. The molecule has 3 aromatic carbocycles. The van der Waals surface area contributed by atoms with E-state index >= 15 is 0 Å². The summed E-state index contributed by atoms with van der Waals surface area (Å²) in [5.74, 6) is -0.282. The van der Waals surface area contributed by atoms with Crippen LogP contribution >= 0.6 is 34.8 Å². The van der Waals surface area contributed by atoms with E-state index in [0.717, 1.165) is 17.9 Å². The number of aromatic nitrogens is 2. The number of benzene rings is 3. The molecule has 4 rings (SSSR count). The predicted octanol–water partition coefficient (Wildman–Crippen LogP) is 6.35. The molecule has 0 saturated carbocycles. The van der Waals surface area contributed by atoms with Gasteiger partial charge in [0.25, 0.3) is 0 Å². The van der Waals surface area contributed by atoms with Crippen molar-refractivity contribution in [1.82, 2.24) is 9.55 Å². The van der Waals surface area contributed by atoms with E-state index in [1.54, 1.807) is 61.0 Å². The summed E-state index contributed by atoms with van der Waals surface area (Å²) in [7, 11) is -3.80. The lowest BCUT2D eigenvalue weighted by molar-refractivity contribution is 0.0741. The van der Waals surface area contributed by atoms with Gasteiger partial charge in [0.2, 0.25) is 0 Å². The Balaban J connectivity index is 1.82. The van der Waals surface area contributed by atoms with Gasteiger partial charge >= 0.3 is 0 Å². The molecular weight excluding hydrogens is 574 g/mol. The van der Waals surface area contributed by atoms with E-state index in [2.05, 4.69) is 4.98 Å². The van der Waals surface area contributed by atoms with E-state index in [0.29, 0.717) is 39.2 Å². The van der Waals surface area contributed by atoms with Crippen molar-refractivity contribution in [3.05, 3.63) is 98.3 Å². The largest absolute Gasteiger partial charge is 0.392 e. The molecule has 0 spiro atoms. The maximum absolute atomic E-state index is 14.7. The fourth-order valence-corrected chi connectivity index (χ4v) is 5.72. The molecule has 0 bridgehead atoms. The van der Waals surface area contributed by atoms with E-state index in [1.165, 1.54) is 6.07 Å². The third kappa shape index (κ3) is 5.91.